The molecule has 1 unspecified atom stereocenters. The Labute approximate surface area is 81.8 Å². The number of urea groups is 1. The summed E-state index contributed by atoms with van der Waals surface area (Å²) in [4.78, 5) is 21.8. The van der Waals surface area contributed by atoms with Crippen LogP contribution in [0.15, 0.2) is 0 Å². The van der Waals surface area contributed by atoms with E-state index in [1.165, 1.54) is 0 Å². The van der Waals surface area contributed by atoms with Crippen LogP contribution in [-0.2, 0) is 4.79 Å². The van der Waals surface area contributed by atoms with Gasteiger partial charge in [-0.1, -0.05) is 20.8 Å². The van der Waals surface area contributed by atoms with E-state index in [0.29, 0.717) is 5.75 Å². The lowest BCUT2D eigenvalue weighted by Gasteiger charge is -2.18. The Kier molecular flexibility index (Phi) is 2.85. The van der Waals surface area contributed by atoms with Crippen LogP contribution in [0, 0.1) is 0 Å². The topological polar surface area (TPSA) is 58.2 Å². The molecule has 1 aliphatic rings. The average Bonchev–Trinajstić information content (AvgIpc) is 2.24. The summed E-state index contributed by atoms with van der Waals surface area (Å²) >= 11 is 1.66. The molecule has 13 heavy (non-hydrogen) atoms. The number of imide groups is 1. The predicted molar refractivity (Wildman–Crippen MR) is 52.7 cm³/mol. The largest absolute Gasteiger partial charge is 0.325 e. The van der Waals surface area contributed by atoms with Crippen LogP contribution in [0.1, 0.15) is 20.8 Å². The van der Waals surface area contributed by atoms with Crippen LogP contribution in [-0.4, -0.2) is 28.5 Å². The summed E-state index contributed by atoms with van der Waals surface area (Å²) in [7, 11) is 0. The summed E-state index contributed by atoms with van der Waals surface area (Å²) < 4.78 is 0.119. The van der Waals surface area contributed by atoms with E-state index in [-0.39, 0.29) is 22.7 Å². The van der Waals surface area contributed by atoms with Gasteiger partial charge in [-0.2, -0.15) is 11.8 Å². The van der Waals surface area contributed by atoms with Gasteiger partial charge in [0.05, 0.1) is 0 Å². The van der Waals surface area contributed by atoms with E-state index < -0.39 is 0 Å². The minimum Gasteiger partial charge on any atom is -0.325 e. The van der Waals surface area contributed by atoms with Gasteiger partial charge < -0.3 is 5.32 Å². The molecule has 0 bridgehead atoms. The first-order valence-electron chi connectivity index (χ1n) is 4.14. The molecule has 1 fully saturated rings. The normalized spacial score (nSPS) is 22.8. The summed E-state index contributed by atoms with van der Waals surface area (Å²) in [6, 6.07) is -0.749. The average molecular weight is 202 g/mol. The summed E-state index contributed by atoms with van der Waals surface area (Å²) in [5.74, 6) is 0.405. The minimum atomic E-state index is -0.385. The van der Waals surface area contributed by atoms with E-state index in [1.54, 1.807) is 11.8 Å². The molecule has 0 saturated carbocycles. The molecule has 0 aromatic rings. The van der Waals surface area contributed by atoms with Crippen molar-refractivity contribution in [2.75, 3.05) is 5.75 Å². The molecule has 0 aliphatic carbocycles. The highest BCUT2D eigenvalue weighted by atomic mass is 32.2. The molecule has 3 amide bonds. The Morgan fingerprint density at radius 3 is 2.38 bits per heavy atom. The molecule has 0 aromatic heterocycles. The Hall–Kier alpha value is -0.710. The number of rotatable bonds is 2. The number of hydrogen-bond acceptors (Lipinski definition) is 3. The summed E-state index contributed by atoms with van der Waals surface area (Å²) in [6.07, 6.45) is 0. The van der Waals surface area contributed by atoms with Crippen molar-refractivity contribution in [2.45, 2.75) is 31.6 Å². The van der Waals surface area contributed by atoms with Crippen molar-refractivity contribution in [1.29, 1.82) is 0 Å². The van der Waals surface area contributed by atoms with Crippen LogP contribution < -0.4 is 10.6 Å². The van der Waals surface area contributed by atoms with Crippen molar-refractivity contribution in [3.63, 3.8) is 0 Å². The van der Waals surface area contributed by atoms with Crippen molar-refractivity contribution >= 4 is 23.7 Å². The van der Waals surface area contributed by atoms with Gasteiger partial charge in [-0.05, 0) is 0 Å². The van der Waals surface area contributed by atoms with E-state index in [4.69, 9.17) is 0 Å². The molecule has 5 heteroatoms. The number of amides is 3. The third-order valence-electron chi connectivity index (χ3n) is 1.54. The van der Waals surface area contributed by atoms with Crippen LogP contribution in [0.2, 0.25) is 0 Å². The Morgan fingerprint density at radius 2 is 2.00 bits per heavy atom. The van der Waals surface area contributed by atoms with E-state index in [2.05, 4.69) is 31.4 Å². The van der Waals surface area contributed by atoms with Crippen molar-refractivity contribution in [3.05, 3.63) is 0 Å². The smallest absolute Gasteiger partial charge is 0.322 e. The molecule has 1 atom stereocenters. The standard InChI is InChI=1S/C8H14N2O2S/c1-8(2,3)13-4-5-6(11)10-7(12)9-5/h5H,4H2,1-3H3,(H2,9,10,11,12). The Balaban J connectivity index is 2.38. The summed E-state index contributed by atoms with van der Waals surface area (Å²) in [5, 5.41) is 4.76. The van der Waals surface area contributed by atoms with Crippen LogP contribution >= 0.6 is 11.8 Å². The van der Waals surface area contributed by atoms with Gasteiger partial charge in [0, 0.05) is 10.5 Å². The van der Waals surface area contributed by atoms with Gasteiger partial charge in [-0.3, -0.25) is 10.1 Å². The highest BCUT2D eigenvalue weighted by Gasteiger charge is 2.30. The molecule has 1 saturated heterocycles. The maximum absolute atomic E-state index is 11.1. The minimum absolute atomic E-state index is 0.119. The van der Waals surface area contributed by atoms with Crippen molar-refractivity contribution in [1.82, 2.24) is 10.6 Å². The zero-order valence-electron chi connectivity index (χ0n) is 8.01. The first-order valence-corrected chi connectivity index (χ1v) is 5.12. The molecule has 2 N–H and O–H groups in total. The van der Waals surface area contributed by atoms with Crippen LogP contribution in [0.5, 0.6) is 0 Å². The molecule has 4 nitrogen and oxygen atoms in total. The second-order valence-corrected chi connectivity index (χ2v) is 5.79. The molecule has 0 radical (unpaired) electrons. The fraction of sp³-hybridized carbons (Fsp3) is 0.750. The molecular weight excluding hydrogens is 188 g/mol. The third-order valence-corrected chi connectivity index (χ3v) is 2.91. The first kappa shape index (κ1) is 10.4. The van der Waals surface area contributed by atoms with Crippen LogP contribution in [0.3, 0.4) is 0 Å². The van der Waals surface area contributed by atoms with Gasteiger partial charge in [-0.25, -0.2) is 4.79 Å². The number of thioether (sulfide) groups is 1. The summed E-state index contributed by atoms with van der Waals surface area (Å²) in [5.41, 5.74) is 0. The van der Waals surface area contributed by atoms with E-state index in [0.717, 1.165) is 0 Å². The molecule has 0 aromatic carbocycles. The van der Waals surface area contributed by atoms with E-state index in [9.17, 15) is 9.59 Å². The second-order valence-electron chi connectivity index (χ2n) is 3.94. The number of carbonyl (C=O) groups excluding carboxylic acids is 2. The fourth-order valence-electron chi connectivity index (χ4n) is 0.910. The zero-order chi connectivity index (χ0) is 10.1. The number of nitrogens with one attached hydrogen (secondary N) is 2. The quantitative estimate of drug-likeness (QED) is 0.649. The van der Waals surface area contributed by atoms with Gasteiger partial charge >= 0.3 is 6.03 Å². The molecule has 1 aliphatic heterocycles. The monoisotopic (exact) mass is 202 g/mol. The zero-order valence-corrected chi connectivity index (χ0v) is 8.83. The molecular formula is C8H14N2O2S. The Morgan fingerprint density at radius 1 is 1.38 bits per heavy atom. The number of carbonyl (C=O) groups is 2. The fourth-order valence-corrected chi connectivity index (χ4v) is 1.81. The van der Waals surface area contributed by atoms with Crippen LogP contribution in [0.25, 0.3) is 0 Å². The van der Waals surface area contributed by atoms with Crippen molar-refractivity contribution in [3.8, 4) is 0 Å². The van der Waals surface area contributed by atoms with Gasteiger partial charge in [0.25, 0.3) is 5.91 Å². The lowest BCUT2D eigenvalue weighted by molar-refractivity contribution is -0.119. The highest BCUT2D eigenvalue weighted by Crippen LogP contribution is 2.24. The molecule has 74 valence electrons. The SMILES string of the molecule is CC(C)(C)SCC1NC(=O)NC1=O. The predicted octanol–water partition coefficient (Wildman–Crippen LogP) is 0.726. The lowest BCUT2D eigenvalue weighted by Crippen LogP contribution is -2.32. The number of hydrogen-bond donors (Lipinski definition) is 2. The molecule has 1 rings (SSSR count). The van der Waals surface area contributed by atoms with Gasteiger partial charge in [-0.15, -0.1) is 0 Å². The van der Waals surface area contributed by atoms with E-state index in [1.807, 2.05) is 0 Å². The molecule has 0 spiro atoms. The maximum atomic E-state index is 11.1. The maximum Gasteiger partial charge on any atom is 0.322 e. The highest BCUT2D eigenvalue weighted by molar-refractivity contribution is 8.00. The van der Waals surface area contributed by atoms with Crippen LogP contribution in [0.4, 0.5) is 4.79 Å². The summed E-state index contributed by atoms with van der Waals surface area (Å²) in [6.45, 7) is 6.23. The first-order chi connectivity index (χ1) is 5.88. The lowest BCUT2D eigenvalue weighted by atomic mass is 10.3. The Bertz CT molecular complexity index is 235. The second kappa shape index (κ2) is 3.57. The van der Waals surface area contributed by atoms with Crippen molar-refractivity contribution < 1.29 is 9.59 Å². The third kappa shape index (κ3) is 3.26. The van der Waals surface area contributed by atoms with Gasteiger partial charge in [0.1, 0.15) is 6.04 Å². The molecule has 1 heterocycles. The van der Waals surface area contributed by atoms with Crippen molar-refractivity contribution in [2.24, 2.45) is 0 Å². The van der Waals surface area contributed by atoms with Gasteiger partial charge in [0.2, 0.25) is 0 Å². The van der Waals surface area contributed by atoms with E-state index >= 15 is 0 Å². The van der Waals surface area contributed by atoms with Gasteiger partial charge in [0.15, 0.2) is 0 Å².